The van der Waals surface area contributed by atoms with Crippen LogP contribution >= 0.6 is 0 Å². The summed E-state index contributed by atoms with van der Waals surface area (Å²) < 4.78 is 17.4. The average Bonchev–Trinajstić information content (AvgIpc) is 3.52. The minimum atomic E-state index is -2.29. The number of aryl methyl sites for hydroxylation is 2. The van der Waals surface area contributed by atoms with Crippen LogP contribution in [0.2, 0.25) is 0 Å². The Bertz CT molecular complexity index is 998. The number of benzene rings is 2. The smallest absolute Gasteiger partial charge is 0.0909 e. The molecule has 3 rings (SSSR count). The van der Waals surface area contributed by atoms with E-state index < -0.39 is 9.73 Å². The van der Waals surface area contributed by atoms with E-state index in [0.717, 1.165) is 30.1 Å². The molecule has 0 aliphatic heterocycles. The number of nitrogens with zero attached hydrogens (tertiary/aromatic N) is 3. The molecule has 1 aliphatic rings. The van der Waals surface area contributed by atoms with E-state index in [4.69, 9.17) is 0 Å². The SMILES string of the molecule is CCN(C)C=Nc1cc(C)c(Cc2ccc(S(C)(=O)=NCC3CC3)cc2)cc1C. The van der Waals surface area contributed by atoms with Crippen molar-refractivity contribution in [2.75, 3.05) is 26.4 Å². The lowest BCUT2D eigenvalue weighted by atomic mass is 9.97. The van der Waals surface area contributed by atoms with Gasteiger partial charge < -0.3 is 4.90 Å². The fourth-order valence-electron chi connectivity index (χ4n) is 3.13. The van der Waals surface area contributed by atoms with Gasteiger partial charge in [-0.3, -0.25) is 0 Å². The maximum Gasteiger partial charge on any atom is 0.0909 e. The molecule has 2 aromatic rings. The summed E-state index contributed by atoms with van der Waals surface area (Å²) in [5, 5.41) is 0. The van der Waals surface area contributed by atoms with Gasteiger partial charge in [0.25, 0.3) is 0 Å². The lowest BCUT2D eigenvalue weighted by Crippen LogP contribution is -2.14. The van der Waals surface area contributed by atoms with E-state index in [-0.39, 0.29) is 0 Å². The van der Waals surface area contributed by atoms with Crippen molar-refractivity contribution in [3.63, 3.8) is 0 Å². The van der Waals surface area contributed by atoms with Gasteiger partial charge in [-0.2, -0.15) is 0 Å². The molecular formula is C24H33N3OS. The molecule has 4 nitrogen and oxygen atoms in total. The molecule has 29 heavy (non-hydrogen) atoms. The Balaban J connectivity index is 1.74. The first-order chi connectivity index (χ1) is 13.8. The molecule has 0 N–H and O–H groups in total. The summed E-state index contributed by atoms with van der Waals surface area (Å²) >= 11 is 0. The van der Waals surface area contributed by atoms with Gasteiger partial charge in [0.1, 0.15) is 0 Å². The van der Waals surface area contributed by atoms with Crippen LogP contribution in [-0.2, 0) is 16.1 Å². The molecule has 1 fully saturated rings. The van der Waals surface area contributed by atoms with Crippen molar-refractivity contribution in [2.45, 2.75) is 44.9 Å². The molecule has 1 aliphatic carbocycles. The molecule has 156 valence electrons. The lowest BCUT2D eigenvalue weighted by molar-refractivity contribution is 0.552. The van der Waals surface area contributed by atoms with E-state index in [1.54, 1.807) is 6.26 Å². The third-order valence-electron chi connectivity index (χ3n) is 5.58. The molecule has 5 heteroatoms. The molecular weight excluding hydrogens is 378 g/mol. The zero-order valence-electron chi connectivity index (χ0n) is 18.3. The summed E-state index contributed by atoms with van der Waals surface area (Å²) in [6, 6.07) is 12.5. The highest BCUT2D eigenvalue weighted by Gasteiger charge is 2.21. The summed E-state index contributed by atoms with van der Waals surface area (Å²) in [6.45, 7) is 8.03. The first-order valence-corrected chi connectivity index (χ1v) is 12.3. The third kappa shape index (κ3) is 5.92. The minimum absolute atomic E-state index is 0.663. The number of hydrogen-bond acceptors (Lipinski definition) is 3. The van der Waals surface area contributed by atoms with Crippen LogP contribution in [0.1, 0.15) is 42.0 Å². The van der Waals surface area contributed by atoms with Crippen LogP contribution in [0, 0.1) is 19.8 Å². The summed E-state index contributed by atoms with van der Waals surface area (Å²) in [4.78, 5) is 7.51. The van der Waals surface area contributed by atoms with Gasteiger partial charge in [-0.1, -0.05) is 18.2 Å². The first kappa shape index (κ1) is 21.6. The second-order valence-electron chi connectivity index (χ2n) is 8.26. The zero-order valence-corrected chi connectivity index (χ0v) is 19.1. The van der Waals surface area contributed by atoms with Crippen LogP contribution in [0.15, 0.2) is 50.6 Å². The molecule has 2 aromatic carbocycles. The lowest BCUT2D eigenvalue weighted by Gasteiger charge is -2.12. The van der Waals surface area contributed by atoms with Crippen LogP contribution < -0.4 is 0 Å². The van der Waals surface area contributed by atoms with E-state index in [9.17, 15) is 4.21 Å². The van der Waals surface area contributed by atoms with Crippen molar-refractivity contribution in [3.8, 4) is 0 Å². The predicted molar refractivity (Wildman–Crippen MR) is 124 cm³/mol. The molecule has 0 radical (unpaired) electrons. The van der Waals surface area contributed by atoms with Gasteiger partial charge in [-0.05, 0) is 86.4 Å². The fraction of sp³-hybridized carbons (Fsp3) is 0.458. The summed E-state index contributed by atoms with van der Waals surface area (Å²) in [5.41, 5.74) is 5.96. The van der Waals surface area contributed by atoms with Crippen LogP contribution in [0.5, 0.6) is 0 Å². The maximum absolute atomic E-state index is 12.9. The molecule has 0 bridgehead atoms. The van der Waals surface area contributed by atoms with E-state index >= 15 is 0 Å². The van der Waals surface area contributed by atoms with Gasteiger partial charge in [0.05, 0.1) is 28.3 Å². The van der Waals surface area contributed by atoms with Gasteiger partial charge in [0.15, 0.2) is 0 Å². The van der Waals surface area contributed by atoms with Gasteiger partial charge in [0, 0.05) is 24.7 Å². The van der Waals surface area contributed by atoms with E-state index in [2.05, 4.69) is 59.3 Å². The standard InChI is InChI=1S/C24H33N3OS/c1-6-27(4)17-25-24-14-18(2)22(13-19(24)3)15-20-9-11-23(12-10-20)29(5,28)26-16-21-7-8-21/h9-14,17,21H,6-8,15-16H2,1-5H3. The maximum atomic E-state index is 12.9. The van der Waals surface area contributed by atoms with Crippen molar-refractivity contribution in [1.82, 2.24) is 4.90 Å². The van der Waals surface area contributed by atoms with Crippen LogP contribution in [-0.4, -0.2) is 41.8 Å². The van der Waals surface area contributed by atoms with Crippen molar-refractivity contribution in [3.05, 3.63) is 58.7 Å². The molecule has 1 unspecified atom stereocenters. The van der Waals surface area contributed by atoms with Gasteiger partial charge >= 0.3 is 0 Å². The van der Waals surface area contributed by atoms with Crippen molar-refractivity contribution in [1.29, 1.82) is 0 Å². The molecule has 1 atom stereocenters. The Kier molecular flexibility index (Phi) is 6.78. The zero-order chi connectivity index (χ0) is 21.0. The van der Waals surface area contributed by atoms with Crippen molar-refractivity contribution < 1.29 is 4.21 Å². The fourth-order valence-corrected chi connectivity index (χ4v) is 4.42. The van der Waals surface area contributed by atoms with E-state index in [1.165, 1.54) is 35.1 Å². The van der Waals surface area contributed by atoms with Crippen LogP contribution in [0.25, 0.3) is 0 Å². The quantitative estimate of drug-likeness (QED) is 0.433. The Labute approximate surface area is 176 Å². The Hall–Kier alpha value is -2.14. The molecule has 0 amide bonds. The van der Waals surface area contributed by atoms with Crippen molar-refractivity contribution >= 4 is 21.8 Å². The second kappa shape index (κ2) is 9.12. The summed E-state index contributed by atoms with van der Waals surface area (Å²) in [7, 11) is -0.261. The Morgan fingerprint density at radius 2 is 1.83 bits per heavy atom. The molecule has 0 heterocycles. The van der Waals surface area contributed by atoms with Crippen LogP contribution in [0.3, 0.4) is 0 Å². The van der Waals surface area contributed by atoms with Crippen LogP contribution in [0.4, 0.5) is 5.69 Å². The third-order valence-corrected chi connectivity index (χ3v) is 7.37. The van der Waals surface area contributed by atoms with Gasteiger partial charge in [0.2, 0.25) is 0 Å². The Morgan fingerprint density at radius 1 is 1.14 bits per heavy atom. The largest absolute Gasteiger partial charge is 0.366 e. The average molecular weight is 412 g/mol. The summed E-state index contributed by atoms with van der Waals surface area (Å²) in [5.74, 6) is 0.663. The molecule has 0 aromatic heterocycles. The monoisotopic (exact) mass is 411 g/mol. The first-order valence-electron chi connectivity index (χ1n) is 10.4. The van der Waals surface area contributed by atoms with Gasteiger partial charge in [-0.25, -0.2) is 13.6 Å². The van der Waals surface area contributed by atoms with Gasteiger partial charge in [-0.15, -0.1) is 0 Å². The number of rotatable bonds is 8. The highest BCUT2D eigenvalue weighted by atomic mass is 32.2. The normalized spacial score (nSPS) is 16.0. The highest BCUT2D eigenvalue weighted by molar-refractivity contribution is 7.93. The molecule has 0 spiro atoms. The topological polar surface area (TPSA) is 45.0 Å². The second-order valence-corrected chi connectivity index (χ2v) is 10.6. The molecule has 0 saturated heterocycles. The predicted octanol–water partition coefficient (Wildman–Crippen LogP) is 5.37. The molecule has 1 saturated carbocycles. The highest BCUT2D eigenvalue weighted by Crippen LogP contribution is 2.30. The van der Waals surface area contributed by atoms with Crippen molar-refractivity contribution in [2.24, 2.45) is 15.3 Å². The van der Waals surface area contributed by atoms with E-state index in [0.29, 0.717) is 5.92 Å². The number of hydrogen-bond donors (Lipinski definition) is 0. The summed E-state index contributed by atoms with van der Waals surface area (Å²) in [6.07, 6.45) is 6.96. The Morgan fingerprint density at radius 3 is 2.45 bits per heavy atom. The number of aliphatic imine (C=N–C) groups is 1. The minimum Gasteiger partial charge on any atom is -0.366 e. The van der Waals surface area contributed by atoms with E-state index in [1.807, 2.05) is 25.5 Å².